The number of ether oxygens (including phenoxy) is 1. The molecule has 0 aliphatic heterocycles. The second-order valence-corrected chi connectivity index (χ2v) is 7.06. The number of hydrogen-bond donors (Lipinski definition) is 2. The molecule has 6 heteroatoms. The number of halogens is 1. The van der Waals surface area contributed by atoms with E-state index in [1.165, 1.54) is 6.07 Å². The van der Waals surface area contributed by atoms with E-state index in [-0.39, 0.29) is 11.2 Å². The maximum atomic E-state index is 13.5. The predicted molar refractivity (Wildman–Crippen MR) is 105 cm³/mol. The summed E-state index contributed by atoms with van der Waals surface area (Å²) in [6, 6.07) is 6.95. The van der Waals surface area contributed by atoms with Gasteiger partial charge in [0.25, 0.3) is 0 Å². The van der Waals surface area contributed by atoms with Crippen molar-refractivity contribution in [2.24, 2.45) is 4.99 Å². The van der Waals surface area contributed by atoms with Crippen LogP contribution < -0.4 is 10.6 Å². The van der Waals surface area contributed by atoms with E-state index in [0.717, 1.165) is 63.6 Å². The quantitative estimate of drug-likeness (QED) is 0.360. The fraction of sp³-hybridized carbons (Fsp3) is 0.650. The molecule has 1 aromatic rings. The zero-order valence-electron chi connectivity index (χ0n) is 16.4. The van der Waals surface area contributed by atoms with E-state index < -0.39 is 0 Å². The van der Waals surface area contributed by atoms with Gasteiger partial charge < -0.3 is 20.3 Å². The summed E-state index contributed by atoms with van der Waals surface area (Å²) >= 11 is 0. The van der Waals surface area contributed by atoms with Crippen molar-refractivity contribution in [3.05, 3.63) is 35.6 Å². The number of benzene rings is 1. The average Bonchev–Trinajstić information content (AvgIpc) is 3.41. The van der Waals surface area contributed by atoms with Crippen LogP contribution in [0.15, 0.2) is 29.3 Å². The number of nitrogens with zero attached hydrogens (tertiary/aromatic N) is 2. The summed E-state index contributed by atoms with van der Waals surface area (Å²) in [5, 5.41) is 6.70. The molecule has 1 aliphatic rings. The van der Waals surface area contributed by atoms with E-state index in [1.54, 1.807) is 19.2 Å². The SMILES string of the molecule is CCNC(=NCC1(c2cccc(F)c2)CC1)NCCN(C)CCCOC. The van der Waals surface area contributed by atoms with Gasteiger partial charge in [0.05, 0.1) is 6.54 Å². The van der Waals surface area contributed by atoms with Gasteiger partial charge in [0.15, 0.2) is 5.96 Å². The fourth-order valence-electron chi connectivity index (χ4n) is 3.04. The van der Waals surface area contributed by atoms with Crippen LogP contribution in [0, 0.1) is 5.82 Å². The second-order valence-electron chi connectivity index (χ2n) is 7.06. The van der Waals surface area contributed by atoms with Crippen molar-refractivity contribution in [3.8, 4) is 0 Å². The number of rotatable bonds is 11. The maximum Gasteiger partial charge on any atom is 0.191 e. The highest BCUT2D eigenvalue weighted by Gasteiger charge is 2.44. The van der Waals surface area contributed by atoms with Crippen LogP contribution in [0.1, 0.15) is 31.7 Å². The van der Waals surface area contributed by atoms with Crippen LogP contribution >= 0.6 is 0 Å². The molecular weight excluding hydrogens is 331 g/mol. The third kappa shape index (κ3) is 6.57. The van der Waals surface area contributed by atoms with Gasteiger partial charge in [-0.2, -0.15) is 0 Å². The van der Waals surface area contributed by atoms with Crippen LogP contribution in [-0.4, -0.2) is 64.3 Å². The molecule has 0 unspecified atom stereocenters. The molecule has 1 fully saturated rings. The Bertz CT molecular complexity index is 575. The van der Waals surface area contributed by atoms with Crippen LogP contribution in [0.4, 0.5) is 4.39 Å². The molecule has 2 N–H and O–H groups in total. The summed E-state index contributed by atoms with van der Waals surface area (Å²) in [4.78, 5) is 7.04. The van der Waals surface area contributed by atoms with Gasteiger partial charge in [0.2, 0.25) is 0 Å². The van der Waals surface area contributed by atoms with Gasteiger partial charge in [0, 0.05) is 45.3 Å². The lowest BCUT2D eigenvalue weighted by Crippen LogP contribution is -2.41. The van der Waals surface area contributed by atoms with Crippen molar-refractivity contribution >= 4 is 5.96 Å². The Labute approximate surface area is 157 Å². The van der Waals surface area contributed by atoms with Crippen molar-refractivity contribution in [3.63, 3.8) is 0 Å². The van der Waals surface area contributed by atoms with Gasteiger partial charge >= 0.3 is 0 Å². The molecule has 2 rings (SSSR count). The zero-order valence-corrected chi connectivity index (χ0v) is 16.4. The molecule has 0 aromatic heterocycles. The normalized spacial score (nSPS) is 16.0. The van der Waals surface area contributed by atoms with Crippen molar-refractivity contribution in [1.82, 2.24) is 15.5 Å². The van der Waals surface area contributed by atoms with Gasteiger partial charge in [-0.1, -0.05) is 12.1 Å². The van der Waals surface area contributed by atoms with E-state index in [1.807, 2.05) is 6.07 Å². The highest BCUT2D eigenvalue weighted by atomic mass is 19.1. The predicted octanol–water partition coefficient (Wildman–Crippen LogP) is 2.38. The largest absolute Gasteiger partial charge is 0.385 e. The van der Waals surface area contributed by atoms with Crippen molar-refractivity contribution in [2.45, 2.75) is 31.6 Å². The molecule has 1 saturated carbocycles. The van der Waals surface area contributed by atoms with Crippen LogP contribution in [0.3, 0.4) is 0 Å². The molecule has 5 nitrogen and oxygen atoms in total. The lowest BCUT2D eigenvalue weighted by atomic mass is 9.96. The summed E-state index contributed by atoms with van der Waals surface area (Å²) in [5.74, 6) is 0.666. The van der Waals surface area contributed by atoms with Crippen molar-refractivity contribution < 1.29 is 9.13 Å². The van der Waals surface area contributed by atoms with Gasteiger partial charge in [-0.05, 0) is 50.9 Å². The number of nitrogens with one attached hydrogen (secondary N) is 2. The Morgan fingerprint density at radius 3 is 2.77 bits per heavy atom. The Morgan fingerprint density at radius 2 is 2.12 bits per heavy atom. The monoisotopic (exact) mass is 364 g/mol. The first-order chi connectivity index (χ1) is 12.6. The minimum atomic E-state index is -0.167. The van der Waals surface area contributed by atoms with E-state index >= 15 is 0 Å². The van der Waals surface area contributed by atoms with E-state index in [9.17, 15) is 4.39 Å². The third-order valence-electron chi connectivity index (χ3n) is 4.85. The summed E-state index contributed by atoms with van der Waals surface area (Å²) in [7, 11) is 3.85. The second kappa shape index (κ2) is 10.5. The molecule has 0 bridgehead atoms. The summed E-state index contributed by atoms with van der Waals surface area (Å²) in [5.41, 5.74) is 1.08. The van der Waals surface area contributed by atoms with Gasteiger partial charge in [-0.15, -0.1) is 0 Å². The number of likely N-dealkylation sites (N-methyl/N-ethyl adjacent to an activating group) is 1. The fourth-order valence-corrected chi connectivity index (χ4v) is 3.04. The number of methoxy groups -OCH3 is 1. The summed E-state index contributed by atoms with van der Waals surface area (Å²) in [6.07, 6.45) is 3.18. The van der Waals surface area contributed by atoms with Crippen molar-refractivity contribution in [2.75, 3.05) is 53.5 Å². The average molecular weight is 365 g/mol. The van der Waals surface area contributed by atoms with Crippen LogP contribution in [-0.2, 0) is 10.2 Å². The smallest absolute Gasteiger partial charge is 0.191 e. The maximum absolute atomic E-state index is 13.5. The third-order valence-corrected chi connectivity index (χ3v) is 4.85. The highest BCUT2D eigenvalue weighted by Crippen LogP contribution is 2.48. The molecule has 1 aromatic carbocycles. The first kappa shape index (κ1) is 20.6. The van der Waals surface area contributed by atoms with E-state index in [0.29, 0.717) is 6.54 Å². The molecule has 1 aliphatic carbocycles. The zero-order chi connectivity index (χ0) is 18.8. The molecule has 0 saturated heterocycles. The number of hydrogen-bond acceptors (Lipinski definition) is 3. The number of aliphatic imine (C=N–C) groups is 1. The van der Waals surface area contributed by atoms with Gasteiger partial charge in [-0.25, -0.2) is 4.39 Å². The Morgan fingerprint density at radius 1 is 1.31 bits per heavy atom. The molecule has 0 atom stereocenters. The first-order valence-electron chi connectivity index (χ1n) is 9.55. The highest BCUT2D eigenvalue weighted by molar-refractivity contribution is 5.79. The molecule has 0 spiro atoms. The van der Waals surface area contributed by atoms with Crippen molar-refractivity contribution in [1.29, 1.82) is 0 Å². The Hall–Kier alpha value is -1.66. The molecular formula is C20H33FN4O. The standard InChI is InChI=1S/C20H33FN4O/c1-4-22-19(23-11-13-25(2)12-6-14-26-3)24-16-20(9-10-20)17-7-5-8-18(21)15-17/h5,7-8,15H,4,6,9-14,16H2,1-3H3,(H2,22,23,24). The van der Waals surface area contributed by atoms with Gasteiger partial charge in [0.1, 0.15) is 5.82 Å². The Balaban J connectivity index is 1.83. The molecule has 0 heterocycles. The van der Waals surface area contributed by atoms with Gasteiger partial charge in [-0.3, -0.25) is 4.99 Å². The molecule has 0 amide bonds. The van der Waals surface area contributed by atoms with E-state index in [2.05, 4.69) is 29.5 Å². The number of guanidine groups is 1. The van der Waals surface area contributed by atoms with Crippen LogP contribution in [0.5, 0.6) is 0 Å². The summed E-state index contributed by atoms with van der Waals surface area (Å²) in [6.45, 7) is 7.17. The van der Waals surface area contributed by atoms with E-state index in [4.69, 9.17) is 9.73 Å². The molecule has 0 radical (unpaired) electrons. The molecule has 26 heavy (non-hydrogen) atoms. The van der Waals surface area contributed by atoms with Crippen LogP contribution in [0.25, 0.3) is 0 Å². The lowest BCUT2D eigenvalue weighted by Gasteiger charge is -2.19. The topological polar surface area (TPSA) is 48.9 Å². The first-order valence-corrected chi connectivity index (χ1v) is 9.55. The Kier molecular flexibility index (Phi) is 8.32. The summed E-state index contributed by atoms with van der Waals surface area (Å²) < 4.78 is 18.6. The minimum Gasteiger partial charge on any atom is -0.385 e. The minimum absolute atomic E-state index is 0.0153. The lowest BCUT2D eigenvalue weighted by molar-refractivity contribution is 0.180. The molecule has 146 valence electrons. The van der Waals surface area contributed by atoms with Crippen LogP contribution in [0.2, 0.25) is 0 Å².